The minimum absolute atomic E-state index is 0.0390. The molecule has 1 aliphatic carbocycles. The molecule has 1 N–H and O–H groups in total. The molecule has 0 amide bonds. The monoisotopic (exact) mass is 253 g/mol. The predicted octanol–water partition coefficient (Wildman–Crippen LogP) is 4.10. The molecule has 0 bridgehead atoms. The van der Waals surface area contributed by atoms with Crippen molar-refractivity contribution >= 4 is 10.9 Å². The van der Waals surface area contributed by atoms with Crippen molar-refractivity contribution in [3.63, 3.8) is 0 Å². The summed E-state index contributed by atoms with van der Waals surface area (Å²) in [6.07, 6.45) is 2.35. The van der Waals surface area contributed by atoms with E-state index >= 15 is 0 Å². The number of aryl methyl sites for hydroxylation is 1. The second kappa shape index (κ2) is 3.53. The first-order chi connectivity index (χ1) is 8.39. The van der Waals surface area contributed by atoms with E-state index in [1.165, 1.54) is 0 Å². The average Bonchev–Trinajstić information content (AvgIpc) is 2.64. The van der Waals surface area contributed by atoms with Crippen molar-refractivity contribution in [1.82, 2.24) is 4.98 Å². The summed E-state index contributed by atoms with van der Waals surface area (Å²) < 4.78 is 40.9. The van der Waals surface area contributed by atoms with Crippen LogP contribution in [0.4, 0.5) is 13.2 Å². The molecule has 0 unspecified atom stereocenters. The lowest BCUT2D eigenvalue weighted by atomic mass is 9.76. The van der Waals surface area contributed by atoms with Gasteiger partial charge in [0.15, 0.2) is 11.6 Å². The topological polar surface area (TPSA) is 15.8 Å². The summed E-state index contributed by atoms with van der Waals surface area (Å²) in [5.74, 6) is -2.79. The summed E-state index contributed by atoms with van der Waals surface area (Å²) in [4.78, 5) is 2.91. The van der Waals surface area contributed by atoms with Crippen LogP contribution >= 0.6 is 0 Å². The van der Waals surface area contributed by atoms with E-state index in [0.29, 0.717) is 12.5 Å². The third-order valence-corrected chi connectivity index (χ3v) is 3.82. The molecule has 96 valence electrons. The molecule has 1 aromatic carbocycles. The molecule has 18 heavy (non-hydrogen) atoms. The lowest BCUT2D eigenvalue weighted by Gasteiger charge is -2.29. The molecule has 0 radical (unpaired) electrons. The van der Waals surface area contributed by atoms with E-state index in [0.717, 1.165) is 24.1 Å². The second-order valence-electron chi connectivity index (χ2n) is 5.83. The Balaban J connectivity index is 2.35. The highest BCUT2D eigenvalue weighted by Crippen LogP contribution is 2.40. The Labute approximate surface area is 103 Å². The largest absolute Gasteiger partial charge is 0.356 e. The molecule has 0 aliphatic heterocycles. The Morgan fingerprint density at radius 3 is 2.61 bits per heavy atom. The van der Waals surface area contributed by atoms with Crippen molar-refractivity contribution < 1.29 is 13.2 Å². The fraction of sp³-hybridized carbons (Fsp3) is 0.429. The van der Waals surface area contributed by atoms with Gasteiger partial charge in [0, 0.05) is 17.1 Å². The lowest BCUT2D eigenvalue weighted by molar-refractivity contribution is 0.315. The molecule has 1 aromatic heterocycles. The van der Waals surface area contributed by atoms with Gasteiger partial charge in [-0.05, 0) is 30.2 Å². The average molecular weight is 253 g/mol. The van der Waals surface area contributed by atoms with Crippen molar-refractivity contribution in [3.8, 4) is 0 Å². The summed E-state index contributed by atoms with van der Waals surface area (Å²) in [6, 6.07) is 0.602. The molecule has 1 nitrogen and oxygen atoms in total. The Morgan fingerprint density at radius 1 is 1.17 bits per heavy atom. The van der Waals surface area contributed by atoms with Crippen molar-refractivity contribution in [3.05, 3.63) is 34.8 Å². The van der Waals surface area contributed by atoms with Gasteiger partial charge in [0.25, 0.3) is 0 Å². The van der Waals surface area contributed by atoms with Gasteiger partial charge >= 0.3 is 0 Å². The summed E-state index contributed by atoms with van der Waals surface area (Å²) in [7, 11) is 0. The molecule has 3 rings (SSSR count). The van der Waals surface area contributed by atoms with E-state index in [9.17, 15) is 13.2 Å². The van der Waals surface area contributed by atoms with Gasteiger partial charge in [0.1, 0.15) is 5.82 Å². The van der Waals surface area contributed by atoms with E-state index < -0.39 is 17.5 Å². The van der Waals surface area contributed by atoms with Gasteiger partial charge in [-0.25, -0.2) is 13.2 Å². The van der Waals surface area contributed by atoms with E-state index in [-0.39, 0.29) is 16.3 Å². The van der Waals surface area contributed by atoms with Crippen molar-refractivity contribution in [2.24, 2.45) is 5.41 Å². The first-order valence-electron chi connectivity index (χ1n) is 6.06. The summed E-state index contributed by atoms with van der Waals surface area (Å²) >= 11 is 0. The smallest absolute Gasteiger partial charge is 0.168 e. The number of aromatic nitrogens is 1. The number of hydrogen-bond acceptors (Lipinski definition) is 0. The molecule has 0 atom stereocenters. The Bertz CT molecular complexity index is 640. The van der Waals surface area contributed by atoms with Crippen LogP contribution in [0.3, 0.4) is 0 Å². The van der Waals surface area contributed by atoms with E-state index in [1.807, 2.05) is 0 Å². The minimum Gasteiger partial charge on any atom is -0.356 e. The zero-order valence-electron chi connectivity index (χ0n) is 10.3. The van der Waals surface area contributed by atoms with Crippen LogP contribution < -0.4 is 0 Å². The molecule has 1 aliphatic rings. The molecular formula is C14H14F3N. The molecule has 0 saturated carbocycles. The normalized spacial score (nSPS) is 18.1. The Hall–Kier alpha value is -1.45. The van der Waals surface area contributed by atoms with Gasteiger partial charge in [-0.3, -0.25) is 0 Å². The number of fused-ring (bicyclic) bond motifs is 3. The molecule has 1 heterocycles. The third-order valence-electron chi connectivity index (χ3n) is 3.82. The third kappa shape index (κ3) is 1.55. The molecule has 0 fully saturated rings. The van der Waals surface area contributed by atoms with E-state index in [2.05, 4.69) is 18.8 Å². The fourth-order valence-corrected chi connectivity index (χ4v) is 2.82. The molecule has 2 aromatic rings. The Kier molecular flexibility index (Phi) is 2.28. The summed E-state index contributed by atoms with van der Waals surface area (Å²) in [5, 5.41) is 0.0928. The molecule has 0 spiro atoms. The van der Waals surface area contributed by atoms with Crippen LogP contribution in [-0.4, -0.2) is 4.98 Å². The number of benzene rings is 1. The van der Waals surface area contributed by atoms with Crippen molar-refractivity contribution in [2.75, 3.05) is 0 Å². The summed E-state index contributed by atoms with van der Waals surface area (Å²) in [6.45, 7) is 4.17. The zero-order chi connectivity index (χ0) is 13.1. The van der Waals surface area contributed by atoms with Gasteiger partial charge in [0.05, 0.1) is 5.52 Å². The van der Waals surface area contributed by atoms with Gasteiger partial charge in [-0.15, -0.1) is 0 Å². The van der Waals surface area contributed by atoms with Crippen LogP contribution in [0.25, 0.3) is 10.9 Å². The fourth-order valence-electron chi connectivity index (χ4n) is 2.82. The van der Waals surface area contributed by atoms with Crippen molar-refractivity contribution in [1.29, 1.82) is 0 Å². The van der Waals surface area contributed by atoms with Gasteiger partial charge in [0.2, 0.25) is 0 Å². The quantitative estimate of drug-likeness (QED) is 0.680. The number of halogens is 3. The number of H-pyrrole nitrogens is 1. The van der Waals surface area contributed by atoms with Crippen LogP contribution in [0.5, 0.6) is 0 Å². The lowest BCUT2D eigenvalue weighted by Crippen LogP contribution is -2.21. The maximum absolute atomic E-state index is 13.9. The zero-order valence-corrected chi connectivity index (χ0v) is 10.3. The maximum atomic E-state index is 13.9. The second-order valence-corrected chi connectivity index (χ2v) is 5.83. The van der Waals surface area contributed by atoms with Crippen LogP contribution in [0, 0.1) is 22.9 Å². The van der Waals surface area contributed by atoms with Crippen LogP contribution in [0.1, 0.15) is 31.5 Å². The molecule has 4 heteroatoms. The number of hydrogen-bond donors (Lipinski definition) is 1. The van der Waals surface area contributed by atoms with Gasteiger partial charge < -0.3 is 4.98 Å². The highest BCUT2D eigenvalue weighted by atomic mass is 19.2. The van der Waals surface area contributed by atoms with Crippen LogP contribution in [-0.2, 0) is 12.8 Å². The number of nitrogens with one attached hydrogen (secondary N) is 1. The van der Waals surface area contributed by atoms with Crippen LogP contribution in [0.2, 0.25) is 0 Å². The standard InChI is InChI=1S/C14H14F3N/c1-14(2)4-3-10-7(6-14)11-12(17)8(15)5-9(16)13(11)18-10/h5,18H,3-4,6H2,1-2H3. The van der Waals surface area contributed by atoms with E-state index in [1.54, 1.807) is 0 Å². The highest BCUT2D eigenvalue weighted by molar-refractivity contribution is 5.86. The first kappa shape index (κ1) is 11.6. The minimum atomic E-state index is -1.12. The van der Waals surface area contributed by atoms with Gasteiger partial charge in [-0.1, -0.05) is 13.8 Å². The van der Waals surface area contributed by atoms with E-state index in [4.69, 9.17) is 0 Å². The number of rotatable bonds is 0. The SMILES string of the molecule is CC1(C)CCc2[nH]c3c(F)cc(F)c(F)c3c2C1. The maximum Gasteiger partial charge on any atom is 0.168 e. The summed E-state index contributed by atoms with van der Waals surface area (Å²) in [5.41, 5.74) is 1.71. The molecular weight excluding hydrogens is 239 g/mol. The molecule has 0 saturated heterocycles. The highest BCUT2D eigenvalue weighted by Gasteiger charge is 2.30. The van der Waals surface area contributed by atoms with Crippen molar-refractivity contribution in [2.45, 2.75) is 33.1 Å². The van der Waals surface area contributed by atoms with Crippen LogP contribution in [0.15, 0.2) is 6.07 Å². The predicted molar refractivity (Wildman–Crippen MR) is 64.0 cm³/mol. The first-order valence-corrected chi connectivity index (χ1v) is 6.06. The number of aromatic amines is 1. The van der Waals surface area contributed by atoms with Gasteiger partial charge in [-0.2, -0.15) is 0 Å². The Morgan fingerprint density at radius 2 is 1.89 bits per heavy atom.